The van der Waals surface area contributed by atoms with Crippen LogP contribution in [-0.4, -0.2) is 28.5 Å². The third kappa shape index (κ3) is 5.22. The van der Waals surface area contributed by atoms with Gasteiger partial charge < -0.3 is 14.7 Å². The molecule has 29 heavy (non-hydrogen) atoms. The van der Waals surface area contributed by atoms with Gasteiger partial charge in [-0.05, 0) is 30.5 Å². The van der Waals surface area contributed by atoms with E-state index in [9.17, 15) is 9.59 Å². The molecule has 1 unspecified atom stereocenters. The van der Waals surface area contributed by atoms with E-state index >= 15 is 0 Å². The van der Waals surface area contributed by atoms with Crippen LogP contribution in [-0.2, 0) is 28.0 Å². The Kier molecular flexibility index (Phi) is 6.35. The quantitative estimate of drug-likeness (QED) is 0.772. The summed E-state index contributed by atoms with van der Waals surface area (Å²) in [6, 6.07) is 8.07. The number of nitrogens with zero attached hydrogens (tertiary/aromatic N) is 3. The van der Waals surface area contributed by atoms with Gasteiger partial charge >= 0.3 is 0 Å². The molecule has 1 fully saturated rings. The van der Waals surface area contributed by atoms with Crippen molar-refractivity contribution in [3.63, 3.8) is 0 Å². The van der Waals surface area contributed by atoms with Crippen molar-refractivity contribution in [3.05, 3.63) is 41.5 Å². The van der Waals surface area contributed by atoms with Crippen LogP contribution in [0, 0.1) is 5.92 Å². The second-order valence-electron chi connectivity index (χ2n) is 8.66. The van der Waals surface area contributed by atoms with Crippen LogP contribution in [0.4, 0.5) is 5.69 Å². The molecule has 2 amide bonds. The molecule has 2 aromatic rings. The van der Waals surface area contributed by atoms with Crippen LogP contribution in [0.3, 0.4) is 0 Å². The number of aryl methyl sites for hydroxylation is 1. The number of aromatic nitrogens is 2. The summed E-state index contributed by atoms with van der Waals surface area (Å²) in [6.45, 7) is 8.70. The lowest BCUT2D eigenvalue weighted by molar-refractivity contribution is -0.126. The maximum atomic E-state index is 12.5. The molecule has 1 aromatic carbocycles. The first kappa shape index (κ1) is 21.0. The van der Waals surface area contributed by atoms with Gasteiger partial charge in [0.1, 0.15) is 0 Å². The van der Waals surface area contributed by atoms with E-state index in [1.807, 2.05) is 32.9 Å². The summed E-state index contributed by atoms with van der Waals surface area (Å²) in [5.41, 5.74) is 1.88. The Balaban J connectivity index is 1.55. The molecule has 1 atom stereocenters. The topological polar surface area (TPSA) is 88.3 Å². The number of unbranched alkanes of at least 4 members (excludes halogenated alkanes) is 1. The fraction of sp³-hybridized carbons (Fsp3) is 0.545. The van der Waals surface area contributed by atoms with E-state index in [1.54, 1.807) is 4.90 Å². The third-order valence-corrected chi connectivity index (χ3v) is 5.09. The van der Waals surface area contributed by atoms with E-state index in [2.05, 4.69) is 34.5 Å². The SMILES string of the molecule is CCCCc1ccc(N2CC(C(=O)NCc3noc(C(C)(C)C)n3)CC2=O)cc1. The number of rotatable bonds is 7. The van der Waals surface area contributed by atoms with Crippen LogP contribution in [0.15, 0.2) is 28.8 Å². The minimum absolute atomic E-state index is 0.0268. The van der Waals surface area contributed by atoms with Gasteiger partial charge in [-0.3, -0.25) is 9.59 Å². The Morgan fingerprint density at radius 2 is 2.00 bits per heavy atom. The molecule has 1 aliphatic heterocycles. The highest BCUT2D eigenvalue weighted by Crippen LogP contribution is 2.26. The molecule has 0 radical (unpaired) electrons. The molecular formula is C22H30N4O3. The predicted molar refractivity (Wildman–Crippen MR) is 110 cm³/mol. The van der Waals surface area contributed by atoms with Crippen molar-refractivity contribution in [1.29, 1.82) is 0 Å². The second kappa shape index (κ2) is 8.76. The number of amides is 2. The smallest absolute Gasteiger partial charge is 0.232 e. The second-order valence-corrected chi connectivity index (χ2v) is 8.66. The maximum absolute atomic E-state index is 12.5. The average Bonchev–Trinajstić information content (AvgIpc) is 3.32. The van der Waals surface area contributed by atoms with E-state index in [-0.39, 0.29) is 36.1 Å². The van der Waals surface area contributed by atoms with Crippen LogP contribution in [0.25, 0.3) is 0 Å². The highest BCUT2D eigenvalue weighted by atomic mass is 16.5. The van der Waals surface area contributed by atoms with Crippen molar-refractivity contribution < 1.29 is 14.1 Å². The Labute approximate surface area is 171 Å². The Bertz CT molecular complexity index is 852. The molecule has 0 aliphatic carbocycles. The number of anilines is 1. The Morgan fingerprint density at radius 3 is 2.62 bits per heavy atom. The molecule has 0 saturated carbocycles. The number of hydrogen-bond donors (Lipinski definition) is 1. The van der Waals surface area contributed by atoms with Crippen molar-refractivity contribution in [2.75, 3.05) is 11.4 Å². The van der Waals surface area contributed by atoms with Gasteiger partial charge in [-0.15, -0.1) is 0 Å². The van der Waals surface area contributed by atoms with Crippen LogP contribution in [0.2, 0.25) is 0 Å². The van der Waals surface area contributed by atoms with E-state index < -0.39 is 0 Å². The van der Waals surface area contributed by atoms with Crippen molar-refractivity contribution in [3.8, 4) is 0 Å². The molecule has 1 N–H and O–H groups in total. The van der Waals surface area contributed by atoms with Gasteiger partial charge in [-0.1, -0.05) is 51.4 Å². The van der Waals surface area contributed by atoms with Crippen LogP contribution < -0.4 is 10.2 Å². The zero-order valence-electron chi connectivity index (χ0n) is 17.7. The van der Waals surface area contributed by atoms with Gasteiger partial charge in [0.15, 0.2) is 5.82 Å². The molecule has 0 spiro atoms. The van der Waals surface area contributed by atoms with Gasteiger partial charge in [-0.25, -0.2) is 0 Å². The molecule has 1 aromatic heterocycles. The van der Waals surface area contributed by atoms with E-state index in [1.165, 1.54) is 5.56 Å². The Morgan fingerprint density at radius 1 is 1.28 bits per heavy atom. The maximum Gasteiger partial charge on any atom is 0.232 e. The molecule has 0 bridgehead atoms. The third-order valence-electron chi connectivity index (χ3n) is 5.09. The van der Waals surface area contributed by atoms with Gasteiger partial charge in [0.25, 0.3) is 0 Å². The summed E-state index contributed by atoms with van der Waals surface area (Å²) in [6.07, 6.45) is 3.57. The molecular weight excluding hydrogens is 368 g/mol. The summed E-state index contributed by atoms with van der Waals surface area (Å²) >= 11 is 0. The van der Waals surface area contributed by atoms with E-state index in [0.717, 1.165) is 24.9 Å². The fourth-order valence-electron chi connectivity index (χ4n) is 3.30. The van der Waals surface area contributed by atoms with E-state index in [0.29, 0.717) is 18.3 Å². The summed E-state index contributed by atoms with van der Waals surface area (Å²) in [4.78, 5) is 31.0. The summed E-state index contributed by atoms with van der Waals surface area (Å²) in [5, 5.41) is 6.74. The number of benzene rings is 1. The first-order valence-corrected chi connectivity index (χ1v) is 10.3. The molecule has 156 valence electrons. The monoisotopic (exact) mass is 398 g/mol. The zero-order valence-corrected chi connectivity index (χ0v) is 17.7. The standard InChI is InChI=1S/C22H30N4O3/c1-5-6-7-15-8-10-17(11-9-15)26-14-16(12-19(26)27)20(28)23-13-18-24-21(29-25-18)22(2,3)4/h8-11,16H,5-7,12-14H2,1-4H3,(H,23,28). The normalized spacial score (nSPS) is 17.0. The molecule has 2 heterocycles. The van der Waals surface area contributed by atoms with Crippen LogP contribution >= 0.6 is 0 Å². The fourth-order valence-corrected chi connectivity index (χ4v) is 3.30. The molecule has 1 aliphatic rings. The summed E-state index contributed by atoms with van der Waals surface area (Å²) in [7, 11) is 0. The molecule has 1 saturated heterocycles. The highest BCUT2D eigenvalue weighted by molar-refractivity contribution is 6.00. The van der Waals surface area contributed by atoms with Gasteiger partial charge in [0.2, 0.25) is 17.7 Å². The number of carbonyl (C=O) groups excluding carboxylic acids is 2. The van der Waals surface area contributed by atoms with E-state index in [4.69, 9.17) is 4.52 Å². The van der Waals surface area contributed by atoms with Gasteiger partial charge in [0.05, 0.1) is 12.5 Å². The summed E-state index contributed by atoms with van der Waals surface area (Å²) in [5.74, 6) is 0.401. The Hall–Kier alpha value is -2.70. The van der Waals surface area contributed by atoms with Crippen molar-refractivity contribution in [2.45, 2.75) is 65.3 Å². The van der Waals surface area contributed by atoms with Crippen LogP contribution in [0.5, 0.6) is 0 Å². The van der Waals surface area contributed by atoms with Crippen molar-refractivity contribution in [1.82, 2.24) is 15.5 Å². The number of carbonyl (C=O) groups is 2. The van der Waals surface area contributed by atoms with Crippen molar-refractivity contribution in [2.24, 2.45) is 5.92 Å². The zero-order chi connectivity index (χ0) is 21.0. The average molecular weight is 399 g/mol. The largest absolute Gasteiger partial charge is 0.348 e. The first-order valence-electron chi connectivity index (χ1n) is 10.3. The number of hydrogen-bond acceptors (Lipinski definition) is 5. The minimum atomic E-state index is -0.378. The number of nitrogens with one attached hydrogen (secondary N) is 1. The van der Waals surface area contributed by atoms with Gasteiger partial charge in [-0.2, -0.15) is 4.98 Å². The van der Waals surface area contributed by atoms with Gasteiger partial charge in [0, 0.05) is 24.1 Å². The lowest BCUT2D eigenvalue weighted by Gasteiger charge is -2.17. The first-order chi connectivity index (χ1) is 13.8. The lowest BCUT2D eigenvalue weighted by Crippen LogP contribution is -2.32. The van der Waals surface area contributed by atoms with Crippen molar-refractivity contribution >= 4 is 17.5 Å². The van der Waals surface area contributed by atoms with Crippen LogP contribution in [0.1, 0.15) is 64.2 Å². The highest BCUT2D eigenvalue weighted by Gasteiger charge is 2.35. The molecule has 3 rings (SSSR count). The predicted octanol–water partition coefficient (Wildman–Crippen LogP) is 3.38. The molecule has 7 nitrogen and oxygen atoms in total. The summed E-state index contributed by atoms with van der Waals surface area (Å²) < 4.78 is 5.24. The minimum Gasteiger partial charge on any atom is -0.348 e. The lowest BCUT2D eigenvalue weighted by atomic mass is 9.97. The molecule has 7 heteroatoms.